The highest BCUT2D eigenvalue weighted by Crippen LogP contribution is 2.35. The Kier molecular flexibility index (Phi) is 5.78. The van der Waals surface area contributed by atoms with Gasteiger partial charge in [0, 0.05) is 36.8 Å². The van der Waals surface area contributed by atoms with Crippen LogP contribution < -0.4 is 0 Å². The number of likely N-dealkylation sites (tertiary alicyclic amines) is 2. The van der Waals surface area contributed by atoms with Crippen molar-refractivity contribution in [1.29, 1.82) is 0 Å². The Hall–Kier alpha value is -2.18. The predicted molar refractivity (Wildman–Crippen MR) is 109 cm³/mol. The summed E-state index contributed by atoms with van der Waals surface area (Å²) in [6.45, 7) is 5.66. The molecular formula is C22H30N4O2. The van der Waals surface area contributed by atoms with Crippen molar-refractivity contribution in [2.24, 2.45) is 0 Å². The van der Waals surface area contributed by atoms with Gasteiger partial charge in [0.15, 0.2) is 0 Å². The number of aryl methyl sites for hydroxylation is 1. The van der Waals surface area contributed by atoms with Gasteiger partial charge < -0.3 is 10.0 Å². The zero-order chi connectivity index (χ0) is 19.5. The summed E-state index contributed by atoms with van der Waals surface area (Å²) in [7, 11) is 0. The number of amides is 1. The minimum absolute atomic E-state index is 0.191. The number of piperidine rings is 2. The van der Waals surface area contributed by atoms with Crippen LogP contribution in [0.2, 0.25) is 0 Å². The van der Waals surface area contributed by atoms with E-state index in [2.05, 4.69) is 46.3 Å². The van der Waals surface area contributed by atoms with Gasteiger partial charge in [-0.25, -0.2) is 0 Å². The standard InChI is InChI=1S/C22H30N4O2/c1-16-5-2-3-7-19(16)20-13-23-24-22(20)17-8-11-26(12-9-17)21(28)15-25-10-4-6-18(27)14-25/h2-3,5,7,13,17-18,27H,4,6,8-12,14-15H2,1H3,(H,23,24)/t18-/m0/s1. The van der Waals surface area contributed by atoms with Crippen molar-refractivity contribution in [2.45, 2.75) is 44.6 Å². The van der Waals surface area contributed by atoms with Gasteiger partial charge in [-0.2, -0.15) is 5.10 Å². The summed E-state index contributed by atoms with van der Waals surface area (Å²) in [5.74, 6) is 0.592. The number of carbonyl (C=O) groups is 1. The molecule has 0 unspecified atom stereocenters. The first-order valence-corrected chi connectivity index (χ1v) is 10.4. The number of hydrogen-bond acceptors (Lipinski definition) is 4. The predicted octanol–water partition coefficient (Wildman–Crippen LogP) is 2.55. The lowest BCUT2D eigenvalue weighted by Gasteiger charge is -2.35. The van der Waals surface area contributed by atoms with Crippen molar-refractivity contribution in [3.8, 4) is 11.1 Å². The number of aromatic amines is 1. The lowest BCUT2D eigenvalue weighted by Crippen LogP contribution is -2.47. The molecule has 0 bridgehead atoms. The Balaban J connectivity index is 1.37. The number of β-amino-alcohol motifs (C(OH)–C–C–N with tert-alkyl or cyclic N) is 1. The van der Waals surface area contributed by atoms with Gasteiger partial charge in [-0.1, -0.05) is 24.3 Å². The van der Waals surface area contributed by atoms with Gasteiger partial charge in [-0.3, -0.25) is 14.8 Å². The van der Waals surface area contributed by atoms with E-state index in [0.717, 1.165) is 45.3 Å². The van der Waals surface area contributed by atoms with Crippen molar-refractivity contribution in [3.05, 3.63) is 41.7 Å². The van der Waals surface area contributed by atoms with Gasteiger partial charge in [0.25, 0.3) is 0 Å². The Bertz CT molecular complexity index is 810. The number of hydrogen-bond donors (Lipinski definition) is 2. The summed E-state index contributed by atoms with van der Waals surface area (Å²) >= 11 is 0. The highest BCUT2D eigenvalue weighted by molar-refractivity contribution is 5.78. The molecule has 6 heteroatoms. The summed E-state index contributed by atoms with van der Waals surface area (Å²) in [6, 6.07) is 8.41. The molecule has 4 rings (SSSR count). The summed E-state index contributed by atoms with van der Waals surface area (Å²) in [5.41, 5.74) is 4.86. The smallest absolute Gasteiger partial charge is 0.236 e. The maximum Gasteiger partial charge on any atom is 0.236 e. The quantitative estimate of drug-likeness (QED) is 0.852. The molecule has 0 saturated carbocycles. The van der Waals surface area contributed by atoms with E-state index < -0.39 is 0 Å². The monoisotopic (exact) mass is 382 g/mol. The number of rotatable bonds is 4. The fourth-order valence-corrected chi connectivity index (χ4v) is 4.58. The lowest BCUT2D eigenvalue weighted by atomic mass is 9.88. The molecule has 150 valence electrons. The van der Waals surface area contributed by atoms with E-state index in [-0.39, 0.29) is 12.0 Å². The Morgan fingerprint density at radius 2 is 1.96 bits per heavy atom. The molecule has 2 saturated heterocycles. The first-order valence-electron chi connectivity index (χ1n) is 10.4. The number of nitrogens with one attached hydrogen (secondary N) is 1. The third-order valence-electron chi connectivity index (χ3n) is 6.20. The largest absolute Gasteiger partial charge is 0.392 e. The number of H-pyrrole nitrogens is 1. The molecule has 0 radical (unpaired) electrons. The molecule has 1 amide bonds. The molecule has 28 heavy (non-hydrogen) atoms. The van der Waals surface area contributed by atoms with Gasteiger partial charge in [0.2, 0.25) is 5.91 Å². The molecular weight excluding hydrogens is 352 g/mol. The van der Waals surface area contributed by atoms with E-state index in [4.69, 9.17) is 0 Å². The number of carbonyl (C=O) groups excluding carboxylic acids is 1. The minimum atomic E-state index is -0.285. The van der Waals surface area contributed by atoms with Crippen molar-refractivity contribution in [1.82, 2.24) is 20.0 Å². The van der Waals surface area contributed by atoms with Crippen LogP contribution >= 0.6 is 0 Å². The summed E-state index contributed by atoms with van der Waals surface area (Å²) in [6.07, 6.45) is 5.37. The van der Waals surface area contributed by atoms with Crippen LogP contribution in [0.25, 0.3) is 11.1 Å². The molecule has 2 N–H and O–H groups in total. The number of nitrogens with zero attached hydrogens (tertiary/aromatic N) is 3. The SMILES string of the molecule is Cc1ccccc1-c1cn[nH]c1C1CCN(C(=O)CN2CCC[C@H](O)C2)CC1. The molecule has 1 aromatic heterocycles. The van der Waals surface area contributed by atoms with Crippen LogP contribution in [-0.4, -0.2) is 69.8 Å². The van der Waals surface area contributed by atoms with Gasteiger partial charge in [0.1, 0.15) is 0 Å². The third-order valence-corrected chi connectivity index (χ3v) is 6.20. The zero-order valence-electron chi connectivity index (χ0n) is 16.6. The first kappa shape index (κ1) is 19.2. The Labute approximate surface area is 166 Å². The fraction of sp³-hybridized carbons (Fsp3) is 0.545. The molecule has 2 aliphatic heterocycles. The molecule has 1 aromatic carbocycles. The second-order valence-electron chi connectivity index (χ2n) is 8.20. The molecule has 2 aliphatic rings. The van der Waals surface area contributed by atoms with Gasteiger partial charge >= 0.3 is 0 Å². The minimum Gasteiger partial charge on any atom is -0.392 e. The second-order valence-corrected chi connectivity index (χ2v) is 8.20. The Morgan fingerprint density at radius 1 is 1.18 bits per heavy atom. The summed E-state index contributed by atoms with van der Waals surface area (Å²) < 4.78 is 0. The van der Waals surface area contributed by atoms with Crippen LogP contribution in [0.4, 0.5) is 0 Å². The molecule has 0 spiro atoms. The van der Waals surface area contributed by atoms with Crippen molar-refractivity contribution >= 4 is 5.91 Å². The van der Waals surface area contributed by atoms with E-state index >= 15 is 0 Å². The van der Waals surface area contributed by atoms with Gasteiger partial charge in [-0.05, 0) is 50.3 Å². The summed E-state index contributed by atoms with van der Waals surface area (Å²) in [4.78, 5) is 16.8. The number of aliphatic hydroxyl groups is 1. The molecule has 1 atom stereocenters. The fourth-order valence-electron chi connectivity index (χ4n) is 4.58. The van der Waals surface area contributed by atoms with Crippen molar-refractivity contribution < 1.29 is 9.90 Å². The van der Waals surface area contributed by atoms with Crippen LogP contribution in [0.1, 0.15) is 42.9 Å². The molecule has 3 heterocycles. The van der Waals surface area contributed by atoms with Crippen LogP contribution in [0.15, 0.2) is 30.5 Å². The molecule has 2 aromatic rings. The van der Waals surface area contributed by atoms with E-state index in [1.165, 1.54) is 22.4 Å². The average Bonchev–Trinajstić information content (AvgIpc) is 3.18. The molecule has 2 fully saturated rings. The van der Waals surface area contributed by atoms with Crippen LogP contribution in [0, 0.1) is 6.92 Å². The zero-order valence-corrected chi connectivity index (χ0v) is 16.6. The summed E-state index contributed by atoms with van der Waals surface area (Å²) in [5, 5.41) is 17.4. The highest BCUT2D eigenvalue weighted by atomic mass is 16.3. The van der Waals surface area contributed by atoms with E-state index in [1.54, 1.807) is 0 Å². The second kappa shape index (κ2) is 8.45. The molecule has 6 nitrogen and oxygen atoms in total. The third kappa shape index (κ3) is 4.13. The Morgan fingerprint density at radius 3 is 2.71 bits per heavy atom. The van der Waals surface area contributed by atoms with Crippen molar-refractivity contribution in [2.75, 3.05) is 32.7 Å². The maximum atomic E-state index is 12.7. The number of aliphatic hydroxyl groups excluding tert-OH is 1. The van der Waals surface area contributed by atoms with Crippen LogP contribution in [0.5, 0.6) is 0 Å². The topological polar surface area (TPSA) is 72.5 Å². The van der Waals surface area contributed by atoms with Gasteiger partial charge in [0.05, 0.1) is 18.8 Å². The molecule has 0 aliphatic carbocycles. The van der Waals surface area contributed by atoms with E-state index in [9.17, 15) is 9.90 Å². The normalized spacial score (nSPS) is 21.8. The van der Waals surface area contributed by atoms with Gasteiger partial charge in [-0.15, -0.1) is 0 Å². The number of benzene rings is 1. The number of aromatic nitrogens is 2. The van der Waals surface area contributed by atoms with Crippen LogP contribution in [0.3, 0.4) is 0 Å². The first-order chi connectivity index (χ1) is 13.6. The maximum absolute atomic E-state index is 12.7. The van der Waals surface area contributed by atoms with Crippen molar-refractivity contribution in [3.63, 3.8) is 0 Å². The lowest BCUT2D eigenvalue weighted by molar-refractivity contribution is -0.134. The van der Waals surface area contributed by atoms with E-state index in [1.807, 2.05) is 11.1 Å². The highest BCUT2D eigenvalue weighted by Gasteiger charge is 2.28. The van der Waals surface area contributed by atoms with E-state index in [0.29, 0.717) is 19.0 Å². The average molecular weight is 383 g/mol. The van der Waals surface area contributed by atoms with Crippen LogP contribution in [-0.2, 0) is 4.79 Å².